The third-order valence-corrected chi connectivity index (χ3v) is 5.95. The maximum atomic E-state index is 13.5. The van der Waals surface area contributed by atoms with Gasteiger partial charge in [0, 0.05) is 5.56 Å². The van der Waals surface area contributed by atoms with E-state index < -0.39 is 12.3 Å². The van der Waals surface area contributed by atoms with Gasteiger partial charge in [-0.2, -0.15) is 0 Å². The molecular weight excluding hydrogens is 460 g/mol. The fourth-order valence-electron chi connectivity index (χ4n) is 3.34. The topological polar surface area (TPSA) is 64.1 Å². The number of benzene rings is 3. The van der Waals surface area contributed by atoms with Gasteiger partial charge in [0.25, 0.3) is 0 Å². The Morgan fingerprint density at radius 3 is 2.66 bits per heavy atom. The Labute approximate surface area is 191 Å². The maximum absolute atomic E-state index is 13.5. The van der Waals surface area contributed by atoms with E-state index in [9.17, 15) is 8.78 Å². The van der Waals surface area contributed by atoms with Crippen molar-refractivity contribution in [3.8, 4) is 23.0 Å². The van der Waals surface area contributed by atoms with E-state index in [0.29, 0.717) is 33.7 Å². The molecule has 10 heteroatoms. The molecule has 0 aliphatic carbocycles. The molecule has 3 aromatic rings. The highest BCUT2D eigenvalue weighted by molar-refractivity contribution is 7.98. The van der Waals surface area contributed by atoms with Crippen molar-refractivity contribution >= 4 is 35.2 Å². The smallest absolute Gasteiger partial charge is 0.454 e. The zero-order chi connectivity index (χ0) is 22.3. The van der Waals surface area contributed by atoms with Crippen LogP contribution < -0.4 is 24.2 Å². The molecule has 5 rings (SSSR count). The van der Waals surface area contributed by atoms with Crippen LogP contribution in [0.4, 0.5) is 14.5 Å². The second-order valence-electron chi connectivity index (χ2n) is 6.99. The number of alkyl halides is 2. The number of nitrogens with zero attached hydrogens (tertiary/aromatic N) is 1. The first-order chi connectivity index (χ1) is 15.4. The highest BCUT2D eigenvalue weighted by Gasteiger charge is 2.44. The summed E-state index contributed by atoms with van der Waals surface area (Å²) in [6, 6.07) is 17.0. The number of fused-ring (bicyclic) bond motifs is 2. The largest absolute Gasteiger partial charge is 0.586 e. The maximum Gasteiger partial charge on any atom is 0.586 e. The molecule has 3 aromatic carbocycles. The number of hydrogen-bond donors (Lipinski definition) is 2. The molecule has 0 fully saturated rings. The lowest BCUT2D eigenvalue weighted by Crippen LogP contribution is -2.30. The van der Waals surface area contributed by atoms with Crippen molar-refractivity contribution in [2.24, 2.45) is 4.99 Å². The van der Waals surface area contributed by atoms with E-state index in [1.165, 1.54) is 18.0 Å². The first-order valence-electron chi connectivity index (χ1n) is 9.61. The third kappa shape index (κ3) is 4.01. The zero-order valence-electron chi connectivity index (χ0n) is 16.6. The second-order valence-corrected chi connectivity index (χ2v) is 8.24. The molecular formula is C22H16ClF2N3O3S. The highest BCUT2D eigenvalue weighted by atomic mass is 35.5. The molecule has 0 spiro atoms. The molecule has 2 aliphatic heterocycles. The first kappa shape index (κ1) is 20.7. The van der Waals surface area contributed by atoms with Crippen molar-refractivity contribution in [1.82, 2.24) is 4.72 Å². The molecule has 0 saturated carbocycles. The lowest BCUT2D eigenvalue weighted by molar-refractivity contribution is -0.287. The normalized spacial score (nSPS) is 17.8. The van der Waals surface area contributed by atoms with E-state index in [1.54, 1.807) is 31.2 Å². The predicted molar refractivity (Wildman–Crippen MR) is 119 cm³/mol. The van der Waals surface area contributed by atoms with Gasteiger partial charge in [0.2, 0.25) is 5.96 Å². The number of para-hydroxylation sites is 3. The molecule has 1 unspecified atom stereocenters. The molecule has 2 aliphatic rings. The minimum atomic E-state index is -3.69. The average molecular weight is 476 g/mol. The summed E-state index contributed by atoms with van der Waals surface area (Å²) in [7, 11) is 0. The van der Waals surface area contributed by atoms with Gasteiger partial charge >= 0.3 is 6.29 Å². The minimum Gasteiger partial charge on any atom is -0.454 e. The summed E-state index contributed by atoms with van der Waals surface area (Å²) < 4.78 is 45.4. The first-order valence-corrected chi connectivity index (χ1v) is 10.8. The standard InChI is InChI=1S/C22H16ClF2N3O3S/c1-12(13-6-4-10-17-20(13)31-22(24,25)30-17)26-21-27-19-16(9-5-11-18(19)32-28-21)29-15-8-3-2-7-14(15)23/h2-12H,1H3,(H2,26,27,28). The summed E-state index contributed by atoms with van der Waals surface area (Å²) in [5.74, 6) is 1.51. The van der Waals surface area contributed by atoms with Gasteiger partial charge in [-0.3, -0.25) is 4.72 Å². The van der Waals surface area contributed by atoms with Gasteiger partial charge in [-0.25, -0.2) is 4.99 Å². The van der Waals surface area contributed by atoms with Crippen molar-refractivity contribution in [2.75, 3.05) is 5.32 Å². The monoisotopic (exact) mass is 475 g/mol. The number of halogens is 3. The Morgan fingerprint density at radius 1 is 1.03 bits per heavy atom. The fraction of sp³-hybridized carbons (Fsp3) is 0.136. The van der Waals surface area contributed by atoms with Crippen molar-refractivity contribution in [1.29, 1.82) is 0 Å². The van der Waals surface area contributed by atoms with Crippen LogP contribution in [0.25, 0.3) is 0 Å². The summed E-state index contributed by atoms with van der Waals surface area (Å²) in [5.41, 5.74) is 1.19. The zero-order valence-corrected chi connectivity index (χ0v) is 18.1. The summed E-state index contributed by atoms with van der Waals surface area (Å²) in [6.07, 6.45) is -3.69. The molecule has 2 N–H and O–H groups in total. The lowest BCUT2D eigenvalue weighted by atomic mass is 10.1. The number of hydrogen-bond acceptors (Lipinski definition) is 5. The fourth-order valence-corrected chi connectivity index (χ4v) is 4.22. The van der Waals surface area contributed by atoms with Crippen LogP contribution >= 0.6 is 23.5 Å². The molecule has 32 heavy (non-hydrogen) atoms. The van der Waals surface area contributed by atoms with Gasteiger partial charge in [-0.1, -0.05) is 41.9 Å². The Balaban J connectivity index is 1.42. The predicted octanol–water partition coefficient (Wildman–Crippen LogP) is 6.59. The van der Waals surface area contributed by atoms with E-state index in [2.05, 4.69) is 24.5 Å². The minimum absolute atomic E-state index is 0.0130. The van der Waals surface area contributed by atoms with E-state index in [-0.39, 0.29) is 11.5 Å². The van der Waals surface area contributed by atoms with Gasteiger partial charge in [0.1, 0.15) is 5.75 Å². The van der Waals surface area contributed by atoms with E-state index in [1.807, 2.05) is 30.3 Å². The van der Waals surface area contributed by atoms with Crippen LogP contribution in [0.1, 0.15) is 18.5 Å². The number of rotatable bonds is 4. The molecule has 0 bridgehead atoms. The summed E-state index contributed by atoms with van der Waals surface area (Å²) in [5, 5.41) is 3.71. The van der Waals surface area contributed by atoms with Crippen LogP contribution in [-0.4, -0.2) is 12.3 Å². The van der Waals surface area contributed by atoms with Crippen LogP contribution in [0.2, 0.25) is 5.02 Å². The molecule has 0 radical (unpaired) electrons. The number of aliphatic imine (C=N–C) groups is 1. The summed E-state index contributed by atoms with van der Waals surface area (Å²) in [4.78, 5) is 5.51. The van der Waals surface area contributed by atoms with E-state index >= 15 is 0 Å². The van der Waals surface area contributed by atoms with E-state index in [4.69, 9.17) is 16.3 Å². The van der Waals surface area contributed by atoms with Crippen LogP contribution in [0.3, 0.4) is 0 Å². The quantitative estimate of drug-likeness (QED) is 0.415. The Morgan fingerprint density at radius 2 is 1.81 bits per heavy atom. The Bertz CT molecular complexity index is 1220. The van der Waals surface area contributed by atoms with Crippen LogP contribution in [0, 0.1) is 0 Å². The van der Waals surface area contributed by atoms with Crippen molar-refractivity contribution in [2.45, 2.75) is 24.2 Å². The molecule has 2 heterocycles. The van der Waals surface area contributed by atoms with Crippen molar-refractivity contribution in [3.63, 3.8) is 0 Å². The average Bonchev–Trinajstić information content (AvgIpc) is 3.09. The molecule has 164 valence electrons. The van der Waals surface area contributed by atoms with Gasteiger partial charge < -0.3 is 19.5 Å². The number of ether oxygens (including phenoxy) is 3. The molecule has 0 aromatic heterocycles. The number of guanidine groups is 1. The van der Waals surface area contributed by atoms with Crippen LogP contribution in [-0.2, 0) is 0 Å². The van der Waals surface area contributed by atoms with Crippen molar-refractivity contribution < 1.29 is 23.0 Å². The van der Waals surface area contributed by atoms with Crippen molar-refractivity contribution in [3.05, 3.63) is 71.2 Å². The third-order valence-electron chi connectivity index (χ3n) is 4.78. The number of nitrogens with one attached hydrogen (secondary N) is 2. The second kappa shape index (κ2) is 8.07. The van der Waals surface area contributed by atoms with E-state index in [0.717, 1.165) is 4.90 Å². The molecule has 6 nitrogen and oxygen atoms in total. The SMILES string of the molecule is CC(N=C1NSc2cccc(Oc3ccccc3Cl)c2N1)c1cccc2c1OC(F)(F)O2. The molecule has 1 atom stereocenters. The van der Waals surface area contributed by atoms with Gasteiger partial charge in [0.15, 0.2) is 17.2 Å². The van der Waals surface area contributed by atoms with Crippen LogP contribution in [0.5, 0.6) is 23.0 Å². The highest BCUT2D eigenvalue weighted by Crippen LogP contribution is 2.46. The Hall–Kier alpha value is -3.17. The lowest BCUT2D eigenvalue weighted by Gasteiger charge is -2.24. The van der Waals surface area contributed by atoms with Crippen LogP contribution in [0.15, 0.2) is 70.6 Å². The van der Waals surface area contributed by atoms with Gasteiger partial charge in [-0.15, -0.1) is 8.78 Å². The van der Waals surface area contributed by atoms with Gasteiger partial charge in [0.05, 0.1) is 21.6 Å². The molecule has 0 amide bonds. The van der Waals surface area contributed by atoms with Gasteiger partial charge in [-0.05, 0) is 49.2 Å². The summed E-state index contributed by atoms with van der Waals surface area (Å²) >= 11 is 7.58. The summed E-state index contributed by atoms with van der Waals surface area (Å²) in [6.45, 7) is 1.78. The molecule has 0 saturated heterocycles. The Kier molecular flexibility index (Phi) is 5.22. The number of anilines is 1.